The highest BCUT2D eigenvalue weighted by Gasteiger charge is 2.01. The van der Waals surface area contributed by atoms with Crippen molar-refractivity contribution in [1.82, 2.24) is 14.9 Å². The number of benzene rings is 1. The van der Waals surface area contributed by atoms with E-state index in [1.807, 2.05) is 30.8 Å². The molecule has 2 aromatic rings. The van der Waals surface area contributed by atoms with Gasteiger partial charge in [-0.15, -0.1) is 0 Å². The van der Waals surface area contributed by atoms with Gasteiger partial charge in [0.15, 0.2) is 0 Å². The number of nitrogens with one attached hydrogen (secondary N) is 1. The third-order valence-electron chi connectivity index (χ3n) is 3.07. The molecule has 3 nitrogen and oxygen atoms in total. The predicted molar refractivity (Wildman–Crippen MR) is 69.8 cm³/mol. The maximum absolute atomic E-state index is 13.1. The maximum atomic E-state index is 13.1. The van der Waals surface area contributed by atoms with Gasteiger partial charge in [-0.3, -0.25) is 0 Å². The smallest absolute Gasteiger partial charge is 0.123 e. The van der Waals surface area contributed by atoms with E-state index in [0.29, 0.717) is 6.54 Å². The lowest BCUT2D eigenvalue weighted by atomic mass is 10.1. The van der Waals surface area contributed by atoms with Crippen LogP contribution in [0.3, 0.4) is 0 Å². The van der Waals surface area contributed by atoms with Crippen LogP contribution in [0.5, 0.6) is 0 Å². The van der Waals surface area contributed by atoms with Crippen molar-refractivity contribution in [2.24, 2.45) is 7.05 Å². The Bertz CT molecular complexity index is 520. The van der Waals surface area contributed by atoms with E-state index in [4.69, 9.17) is 0 Å². The van der Waals surface area contributed by atoms with Crippen LogP contribution < -0.4 is 5.32 Å². The van der Waals surface area contributed by atoms with Crippen LogP contribution in [0.1, 0.15) is 17.0 Å². The fourth-order valence-electron chi connectivity index (χ4n) is 1.89. The van der Waals surface area contributed by atoms with E-state index in [0.717, 1.165) is 29.9 Å². The molecule has 1 N–H and O–H groups in total. The molecule has 0 bridgehead atoms. The van der Waals surface area contributed by atoms with E-state index in [-0.39, 0.29) is 5.82 Å². The van der Waals surface area contributed by atoms with Crippen LogP contribution in [0.2, 0.25) is 0 Å². The zero-order valence-electron chi connectivity index (χ0n) is 10.8. The van der Waals surface area contributed by atoms with Crippen LogP contribution >= 0.6 is 0 Å². The number of nitrogens with zero attached hydrogens (tertiary/aromatic N) is 2. The van der Waals surface area contributed by atoms with Gasteiger partial charge < -0.3 is 9.88 Å². The summed E-state index contributed by atoms with van der Waals surface area (Å²) in [6, 6.07) is 4.89. The zero-order chi connectivity index (χ0) is 13.0. The van der Waals surface area contributed by atoms with Gasteiger partial charge >= 0.3 is 0 Å². The summed E-state index contributed by atoms with van der Waals surface area (Å²) >= 11 is 0. The van der Waals surface area contributed by atoms with Crippen molar-refractivity contribution in [2.75, 3.05) is 6.54 Å². The summed E-state index contributed by atoms with van der Waals surface area (Å²) in [5, 5.41) is 3.32. The average molecular weight is 247 g/mol. The monoisotopic (exact) mass is 247 g/mol. The lowest BCUT2D eigenvalue weighted by molar-refractivity contribution is 0.616. The maximum Gasteiger partial charge on any atom is 0.123 e. The normalized spacial score (nSPS) is 10.8. The van der Waals surface area contributed by atoms with Crippen molar-refractivity contribution in [2.45, 2.75) is 19.9 Å². The minimum Gasteiger partial charge on any atom is -0.338 e. The highest BCUT2D eigenvalue weighted by molar-refractivity contribution is 5.26. The topological polar surface area (TPSA) is 29.9 Å². The Labute approximate surface area is 107 Å². The molecule has 0 aliphatic carbocycles. The van der Waals surface area contributed by atoms with Gasteiger partial charge in [0.25, 0.3) is 0 Å². The molecule has 0 fully saturated rings. The first-order chi connectivity index (χ1) is 8.66. The first-order valence-corrected chi connectivity index (χ1v) is 6.09. The largest absolute Gasteiger partial charge is 0.338 e. The lowest BCUT2D eigenvalue weighted by Gasteiger charge is -2.08. The van der Waals surface area contributed by atoms with Gasteiger partial charge in [0.2, 0.25) is 0 Å². The summed E-state index contributed by atoms with van der Waals surface area (Å²) in [5.74, 6) is 0.875. The van der Waals surface area contributed by atoms with E-state index < -0.39 is 0 Å². The number of imidazole rings is 1. The van der Waals surface area contributed by atoms with Crippen molar-refractivity contribution in [3.63, 3.8) is 0 Å². The van der Waals surface area contributed by atoms with E-state index >= 15 is 0 Å². The van der Waals surface area contributed by atoms with Gasteiger partial charge in [-0.25, -0.2) is 9.37 Å². The lowest BCUT2D eigenvalue weighted by Crippen LogP contribution is -2.18. The molecule has 0 radical (unpaired) electrons. The molecule has 0 spiro atoms. The van der Waals surface area contributed by atoms with Crippen molar-refractivity contribution in [3.05, 3.63) is 53.4 Å². The van der Waals surface area contributed by atoms with Crippen LogP contribution in [0.25, 0.3) is 0 Å². The standard InChI is InChI=1S/C14H18FN3/c1-11-3-4-13(15)9-12(11)10-16-6-5-14-17-7-8-18(14)2/h3-4,7-9,16H,5-6,10H2,1-2H3. The second-order valence-corrected chi connectivity index (χ2v) is 4.45. The Morgan fingerprint density at radius 2 is 2.22 bits per heavy atom. The molecule has 0 aliphatic heterocycles. The molecule has 4 heteroatoms. The Balaban J connectivity index is 1.82. The molecule has 0 saturated heterocycles. The second kappa shape index (κ2) is 5.78. The van der Waals surface area contributed by atoms with Crippen LogP contribution in [-0.2, 0) is 20.0 Å². The molecule has 1 aromatic heterocycles. The molecular weight excluding hydrogens is 229 g/mol. The van der Waals surface area contributed by atoms with Crippen molar-refractivity contribution < 1.29 is 4.39 Å². The molecule has 2 rings (SSSR count). The minimum atomic E-state index is -0.179. The Morgan fingerprint density at radius 3 is 2.94 bits per heavy atom. The third kappa shape index (κ3) is 3.17. The molecular formula is C14H18FN3. The molecule has 1 heterocycles. The molecule has 0 amide bonds. The SMILES string of the molecule is Cc1ccc(F)cc1CNCCc1nccn1C. The van der Waals surface area contributed by atoms with Gasteiger partial charge in [-0.1, -0.05) is 6.07 Å². The molecule has 0 aliphatic rings. The second-order valence-electron chi connectivity index (χ2n) is 4.45. The number of hydrogen-bond donors (Lipinski definition) is 1. The number of hydrogen-bond acceptors (Lipinski definition) is 2. The zero-order valence-corrected chi connectivity index (χ0v) is 10.8. The number of aromatic nitrogens is 2. The minimum absolute atomic E-state index is 0.179. The van der Waals surface area contributed by atoms with Gasteiger partial charge in [-0.05, 0) is 30.2 Å². The van der Waals surface area contributed by atoms with Gasteiger partial charge in [-0.2, -0.15) is 0 Å². The highest BCUT2D eigenvalue weighted by atomic mass is 19.1. The summed E-state index contributed by atoms with van der Waals surface area (Å²) in [7, 11) is 1.99. The number of aryl methyl sites for hydroxylation is 2. The van der Waals surface area contributed by atoms with Gasteiger partial charge in [0.05, 0.1) is 0 Å². The molecule has 0 atom stereocenters. The molecule has 1 aromatic carbocycles. The van der Waals surface area contributed by atoms with Crippen molar-refractivity contribution in [1.29, 1.82) is 0 Å². The van der Waals surface area contributed by atoms with Gasteiger partial charge in [0.1, 0.15) is 11.6 Å². The Hall–Kier alpha value is -1.68. The van der Waals surface area contributed by atoms with Crippen LogP contribution in [0.4, 0.5) is 4.39 Å². The van der Waals surface area contributed by atoms with Crippen molar-refractivity contribution in [3.8, 4) is 0 Å². The summed E-state index contributed by atoms with van der Waals surface area (Å²) in [5.41, 5.74) is 2.12. The molecule has 18 heavy (non-hydrogen) atoms. The van der Waals surface area contributed by atoms with Crippen LogP contribution in [0.15, 0.2) is 30.6 Å². The summed E-state index contributed by atoms with van der Waals surface area (Å²) in [6.07, 6.45) is 4.61. The molecule has 0 saturated carbocycles. The highest BCUT2D eigenvalue weighted by Crippen LogP contribution is 2.09. The summed E-state index contributed by atoms with van der Waals surface area (Å²) < 4.78 is 15.1. The van der Waals surface area contributed by atoms with E-state index in [1.54, 1.807) is 12.3 Å². The third-order valence-corrected chi connectivity index (χ3v) is 3.07. The predicted octanol–water partition coefficient (Wildman–Crippen LogP) is 2.20. The number of rotatable bonds is 5. The summed E-state index contributed by atoms with van der Waals surface area (Å²) in [6.45, 7) is 3.52. The van der Waals surface area contributed by atoms with E-state index in [2.05, 4.69) is 10.3 Å². The molecule has 0 unspecified atom stereocenters. The van der Waals surface area contributed by atoms with Crippen molar-refractivity contribution >= 4 is 0 Å². The fourth-order valence-corrected chi connectivity index (χ4v) is 1.89. The Morgan fingerprint density at radius 1 is 1.39 bits per heavy atom. The fraction of sp³-hybridized carbons (Fsp3) is 0.357. The van der Waals surface area contributed by atoms with Crippen LogP contribution in [-0.4, -0.2) is 16.1 Å². The Kier molecular flexibility index (Phi) is 4.10. The first-order valence-electron chi connectivity index (χ1n) is 6.09. The van der Waals surface area contributed by atoms with Crippen LogP contribution in [0, 0.1) is 12.7 Å². The number of halogens is 1. The molecule has 96 valence electrons. The quantitative estimate of drug-likeness (QED) is 0.821. The van der Waals surface area contributed by atoms with E-state index in [9.17, 15) is 4.39 Å². The average Bonchev–Trinajstić information content (AvgIpc) is 2.75. The first kappa shape index (κ1) is 12.8. The van der Waals surface area contributed by atoms with Gasteiger partial charge in [0, 0.05) is 39.0 Å². The van der Waals surface area contributed by atoms with E-state index in [1.165, 1.54) is 6.07 Å². The summed E-state index contributed by atoms with van der Waals surface area (Å²) in [4.78, 5) is 4.25.